The Morgan fingerprint density at radius 3 is 2.72 bits per heavy atom. The van der Waals surface area contributed by atoms with Crippen molar-refractivity contribution >= 4 is 22.4 Å². The third kappa shape index (κ3) is 2.72. The molecule has 4 nitrogen and oxygen atoms in total. The Morgan fingerprint density at radius 1 is 1.44 bits per heavy atom. The third-order valence-electron chi connectivity index (χ3n) is 2.30. The van der Waals surface area contributed by atoms with E-state index >= 15 is 0 Å². The van der Waals surface area contributed by atoms with Gasteiger partial charge in [0, 0.05) is 10.4 Å². The van der Waals surface area contributed by atoms with Gasteiger partial charge in [-0.25, -0.2) is 9.37 Å². The zero-order valence-electron chi connectivity index (χ0n) is 9.61. The fourth-order valence-corrected chi connectivity index (χ4v) is 2.34. The maximum absolute atomic E-state index is 12.8. The van der Waals surface area contributed by atoms with Gasteiger partial charge in [0.25, 0.3) is 5.91 Å². The van der Waals surface area contributed by atoms with Crippen LogP contribution in [-0.4, -0.2) is 22.6 Å². The lowest BCUT2D eigenvalue weighted by molar-refractivity contribution is -0.118. The fourth-order valence-electron chi connectivity index (χ4n) is 1.48. The molecule has 94 valence electrons. The first-order chi connectivity index (χ1) is 8.60. The number of hydrogen-bond donors (Lipinski definition) is 2. The number of thiazole rings is 1. The van der Waals surface area contributed by atoms with Gasteiger partial charge in [-0.2, -0.15) is 0 Å². The molecule has 1 aromatic heterocycles. The molecule has 0 fully saturated rings. The number of halogens is 1. The van der Waals surface area contributed by atoms with Crippen molar-refractivity contribution in [1.29, 1.82) is 0 Å². The van der Waals surface area contributed by atoms with Crippen molar-refractivity contribution in [2.45, 2.75) is 6.92 Å². The average molecular weight is 266 g/mol. The first kappa shape index (κ1) is 12.7. The first-order valence-corrected chi connectivity index (χ1v) is 6.06. The molecule has 6 heteroatoms. The second kappa shape index (κ2) is 5.24. The molecule has 2 aromatic rings. The first-order valence-electron chi connectivity index (χ1n) is 5.24. The molecule has 2 rings (SSSR count). The van der Waals surface area contributed by atoms with Gasteiger partial charge in [0.15, 0.2) is 5.13 Å². The molecule has 1 heterocycles. The highest BCUT2D eigenvalue weighted by atomic mass is 32.1. The Bertz CT molecular complexity index is 566. The number of benzene rings is 1. The monoisotopic (exact) mass is 266 g/mol. The van der Waals surface area contributed by atoms with Gasteiger partial charge in [-0.05, 0) is 31.2 Å². The topological polar surface area (TPSA) is 62.2 Å². The highest BCUT2D eigenvalue weighted by molar-refractivity contribution is 7.16. The number of carbonyl (C=O) groups excluding carboxylic acids is 1. The minimum absolute atomic E-state index is 0.305. The van der Waals surface area contributed by atoms with E-state index < -0.39 is 12.5 Å². The maximum Gasteiger partial charge on any atom is 0.251 e. The van der Waals surface area contributed by atoms with E-state index in [-0.39, 0.29) is 5.82 Å². The molecule has 0 aliphatic carbocycles. The summed E-state index contributed by atoms with van der Waals surface area (Å²) in [6.45, 7) is 1.29. The van der Waals surface area contributed by atoms with Gasteiger partial charge >= 0.3 is 0 Å². The normalized spacial score (nSPS) is 10.4. The minimum Gasteiger partial charge on any atom is -0.387 e. The molecule has 0 aliphatic heterocycles. The number of rotatable bonds is 3. The van der Waals surface area contributed by atoms with Gasteiger partial charge in [0.1, 0.15) is 12.4 Å². The average Bonchev–Trinajstić information content (AvgIpc) is 2.71. The number of nitrogens with zero attached hydrogens (tertiary/aromatic N) is 1. The van der Waals surface area contributed by atoms with Gasteiger partial charge < -0.3 is 5.11 Å². The number of aromatic nitrogens is 1. The number of aliphatic hydroxyl groups excluding tert-OH is 1. The number of carbonyl (C=O) groups is 1. The second-order valence-corrected chi connectivity index (χ2v) is 4.84. The fraction of sp³-hybridized carbons (Fsp3) is 0.167. The molecule has 0 atom stereocenters. The Hall–Kier alpha value is -1.79. The number of nitrogens with one attached hydrogen (secondary N) is 1. The molecule has 0 unspecified atom stereocenters. The highest BCUT2D eigenvalue weighted by Crippen LogP contribution is 2.30. The van der Waals surface area contributed by atoms with Crippen LogP contribution in [0.15, 0.2) is 24.3 Å². The van der Waals surface area contributed by atoms with E-state index in [1.54, 1.807) is 12.1 Å². The van der Waals surface area contributed by atoms with Crippen LogP contribution in [0.5, 0.6) is 0 Å². The summed E-state index contributed by atoms with van der Waals surface area (Å²) in [6.07, 6.45) is 0. The predicted molar refractivity (Wildman–Crippen MR) is 68.0 cm³/mol. The van der Waals surface area contributed by atoms with Gasteiger partial charge in [0.05, 0.1) is 5.69 Å². The largest absolute Gasteiger partial charge is 0.387 e. The lowest BCUT2D eigenvalue weighted by atomic mass is 10.1. The molecular formula is C12H11FN2O2S. The molecule has 0 spiro atoms. The Morgan fingerprint density at radius 2 is 2.11 bits per heavy atom. The van der Waals surface area contributed by atoms with Crippen molar-refractivity contribution in [2.75, 3.05) is 11.9 Å². The van der Waals surface area contributed by atoms with E-state index in [0.717, 1.165) is 10.4 Å². The van der Waals surface area contributed by atoms with Crippen molar-refractivity contribution in [3.05, 3.63) is 35.0 Å². The smallest absolute Gasteiger partial charge is 0.251 e. The standard InChI is InChI=1S/C12H11FN2O2S/c1-7-11(8-2-4-9(13)5-3-8)15-12(18-7)14-10(17)6-16/h2-5,16H,6H2,1H3,(H,14,15,17). The molecule has 0 saturated heterocycles. The number of aryl methyl sites for hydroxylation is 1. The summed E-state index contributed by atoms with van der Waals surface area (Å²) in [7, 11) is 0. The number of aliphatic hydroxyl groups is 1. The molecule has 0 radical (unpaired) electrons. The Kier molecular flexibility index (Phi) is 3.69. The van der Waals surface area contributed by atoms with E-state index in [9.17, 15) is 9.18 Å². The van der Waals surface area contributed by atoms with Crippen LogP contribution in [0.3, 0.4) is 0 Å². The molecule has 2 N–H and O–H groups in total. The SMILES string of the molecule is Cc1sc(NC(=O)CO)nc1-c1ccc(F)cc1. The predicted octanol–water partition coefficient (Wildman–Crippen LogP) is 2.19. The third-order valence-corrected chi connectivity index (χ3v) is 3.19. The van der Waals surface area contributed by atoms with Crippen LogP contribution in [0.4, 0.5) is 9.52 Å². The van der Waals surface area contributed by atoms with Crippen molar-refractivity contribution in [1.82, 2.24) is 4.98 Å². The summed E-state index contributed by atoms with van der Waals surface area (Å²) in [6, 6.07) is 5.99. The van der Waals surface area contributed by atoms with E-state index in [1.165, 1.54) is 23.5 Å². The van der Waals surface area contributed by atoms with Crippen LogP contribution in [0, 0.1) is 12.7 Å². The quantitative estimate of drug-likeness (QED) is 0.895. The number of amides is 1. The zero-order valence-corrected chi connectivity index (χ0v) is 10.4. The Balaban J connectivity index is 2.29. The lowest BCUT2D eigenvalue weighted by Crippen LogP contribution is -2.15. The Labute approximate surface area is 107 Å². The van der Waals surface area contributed by atoms with E-state index in [4.69, 9.17) is 5.11 Å². The summed E-state index contributed by atoms with van der Waals surface area (Å²) in [5, 5.41) is 11.5. The lowest BCUT2D eigenvalue weighted by Gasteiger charge is -1.98. The molecule has 0 aliphatic rings. The van der Waals surface area contributed by atoms with Gasteiger partial charge in [-0.3, -0.25) is 10.1 Å². The summed E-state index contributed by atoms with van der Waals surface area (Å²) in [4.78, 5) is 16.2. The summed E-state index contributed by atoms with van der Waals surface area (Å²) < 4.78 is 12.8. The molecule has 1 amide bonds. The van der Waals surface area contributed by atoms with Crippen LogP contribution in [0.1, 0.15) is 4.88 Å². The van der Waals surface area contributed by atoms with Gasteiger partial charge in [-0.1, -0.05) is 0 Å². The highest BCUT2D eigenvalue weighted by Gasteiger charge is 2.11. The summed E-state index contributed by atoms with van der Waals surface area (Å²) >= 11 is 1.31. The molecule has 1 aromatic carbocycles. The van der Waals surface area contributed by atoms with Crippen LogP contribution >= 0.6 is 11.3 Å². The van der Waals surface area contributed by atoms with Crippen LogP contribution in [0.2, 0.25) is 0 Å². The second-order valence-electron chi connectivity index (χ2n) is 3.64. The van der Waals surface area contributed by atoms with Crippen molar-refractivity contribution < 1.29 is 14.3 Å². The molecule has 0 bridgehead atoms. The zero-order chi connectivity index (χ0) is 13.1. The van der Waals surface area contributed by atoms with Crippen LogP contribution < -0.4 is 5.32 Å². The number of hydrogen-bond acceptors (Lipinski definition) is 4. The van der Waals surface area contributed by atoms with E-state index in [2.05, 4.69) is 10.3 Å². The van der Waals surface area contributed by atoms with Crippen molar-refractivity contribution in [2.24, 2.45) is 0 Å². The van der Waals surface area contributed by atoms with Crippen molar-refractivity contribution in [3.8, 4) is 11.3 Å². The molecular weight excluding hydrogens is 255 g/mol. The van der Waals surface area contributed by atoms with Gasteiger partial charge in [0.2, 0.25) is 0 Å². The molecule has 18 heavy (non-hydrogen) atoms. The minimum atomic E-state index is -0.579. The van der Waals surface area contributed by atoms with Crippen LogP contribution in [-0.2, 0) is 4.79 Å². The molecule has 0 saturated carbocycles. The van der Waals surface area contributed by atoms with E-state index in [0.29, 0.717) is 10.8 Å². The van der Waals surface area contributed by atoms with Crippen molar-refractivity contribution in [3.63, 3.8) is 0 Å². The summed E-state index contributed by atoms with van der Waals surface area (Å²) in [5.74, 6) is -0.810. The van der Waals surface area contributed by atoms with Crippen LogP contribution in [0.25, 0.3) is 11.3 Å². The maximum atomic E-state index is 12.8. The van der Waals surface area contributed by atoms with Gasteiger partial charge in [-0.15, -0.1) is 11.3 Å². The number of anilines is 1. The van der Waals surface area contributed by atoms with E-state index in [1.807, 2.05) is 6.92 Å². The summed E-state index contributed by atoms with van der Waals surface area (Å²) in [5.41, 5.74) is 1.49.